The van der Waals surface area contributed by atoms with E-state index in [0.717, 1.165) is 22.4 Å². The highest BCUT2D eigenvalue weighted by molar-refractivity contribution is 6.28. The summed E-state index contributed by atoms with van der Waals surface area (Å²) in [5.41, 5.74) is 1.42. The summed E-state index contributed by atoms with van der Waals surface area (Å²) in [5, 5.41) is 0. The van der Waals surface area contributed by atoms with Gasteiger partial charge in [-0.2, -0.15) is 4.89 Å². The molecule has 0 bridgehead atoms. The van der Waals surface area contributed by atoms with Gasteiger partial charge in [0.2, 0.25) is 0 Å². The number of anilines is 1. The molecule has 0 unspecified atom stereocenters. The van der Waals surface area contributed by atoms with E-state index >= 15 is 0 Å². The Bertz CT molecular complexity index is 887. The molecular formula is C23H25NO5. The summed E-state index contributed by atoms with van der Waals surface area (Å²) in [6.07, 6.45) is 3.88. The second-order valence-electron chi connectivity index (χ2n) is 7.25. The fraction of sp³-hybridized carbons (Fsp3) is 0.304. The molecule has 2 amide bonds. The molecule has 2 aromatic rings. The van der Waals surface area contributed by atoms with Crippen LogP contribution in [0, 0.1) is 0 Å². The van der Waals surface area contributed by atoms with E-state index in [9.17, 15) is 9.59 Å². The average Bonchev–Trinajstić information content (AvgIpc) is 3.05. The molecule has 6 heteroatoms. The molecule has 0 saturated carbocycles. The number of carbonyl (C=O) groups is 2. The number of amides is 2. The fourth-order valence-corrected chi connectivity index (χ4v) is 3.15. The van der Waals surface area contributed by atoms with Crippen molar-refractivity contribution in [2.24, 2.45) is 0 Å². The number of hydrogen-bond acceptors (Lipinski definition) is 5. The first-order valence-electron chi connectivity index (χ1n) is 9.52. The monoisotopic (exact) mass is 395 g/mol. The number of benzene rings is 2. The minimum atomic E-state index is -0.734. The van der Waals surface area contributed by atoms with Crippen molar-refractivity contribution in [2.45, 2.75) is 32.3 Å². The minimum Gasteiger partial charge on any atom is -0.385 e. The number of aryl methyl sites for hydroxylation is 1. The lowest BCUT2D eigenvalue weighted by molar-refractivity contribution is -0.286. The Hall–Kier alpha value is -2.96. The van der Waals surface area contributed by atoms with Gasteiger partial charge in [-0.15, -0.1) is 0 Å². The third kappa shape index (κ3) is 4.72. The number of methoxy groups -OCH3 is 1. The summed E-state index contributed by atoms with van der Waals surface area (Å²) in [4.78, 5) is 37.3. The van der Waals surface area contributed by atoms with Crippen LogP contribution in [0.15, 0.2) is 60.7 Å². The number of rotatable bonds is 9. The summed E-state index contributed by atoms with van der Waals surface area (Å²) >= 11 is 0. The molecule has 6 nitrogen and oxygen atoms in total. The predicted octanol–water partition coefficient (Wildman–Crippen LogP) is 3.94. The van der Waals surface area contributed by atoms with E-state index in [2.05, 4.69) is 0 Å². The Morgan fingerprint density at radius 3 is 2.28 bits per heavy atom. The van der Waals surface area contributed by atoms with Gasteiger partial charge < -0.3 is 9.62 Å². The number of imide groups is 1. The molecule has 29 heavy (non-hydrogen) atoms. The predicted molar refractivity (Wildman–Crippen MR) is 109 cm³/mol. The Morgan fingerprint density at radius 1 is 0.931 bits per heavy atom. The lowest BCUT2D eigenvalue weighted by atomic mass is 9.99. The van der Waals surface area contributed by atoms with E-state index < -0.39 is 17.4 Å². The summed E-state index contributed by atoms with van der Waals surface area (Å²) in [6, 6.07) is 15.1. The molecular weight excluding hydrogens is 370 g/mol. The zero-order chi connectivity index (χ0) is 20.9. The summed E-state index contributed by atoms with van der Waals surface area (Å²) < 4.78 is 5.13. The van der Waals surface area contributed by atoms with Crippen molar-refractivity contribution in [3.8, 4) is 5.75 Å². The smallest absolute Gasteiger partial charge is 0.258 e. The van der Waals surface area contributed by atoms with E-state index in [1.165, 1.54) is 12.2 Å². The molecule has 0 fully saturated rings. The van der Waals surface area contributed by atoms with E-state index in [4.69, 9.17) is 14.5 Å². The summed E-state index contributed by atoms with van der Waals surface area (Å²) in [7, 11) is 1.64. The number of hydrogen-bond donors (Lipinski definition) is 0. The number of para-hydroxylation sites is 1. The van der Waals surface area contributed by atoms with Crippen molar-refractivity contribution < 1.29 is 24.1 Å². The van der Waals surface area contributed by atoms with Gasteiger partial charge in [0.05, 0.1) is 0 Å². The molecule has 2 aromatic carbocycles. The highest BCUT2D eigenvalue weighted by Crippen LogP contribution is 2.37. The second kappa shape index (κ2) is 9.03. The van der Waals surface area contributed by atoms with E-state index in [0.29, 0.717) is 24.5 Å². The Labute approximate surface area is 170 Å². The summed E-state index contributed by atoms with van der Waals surface area (Å²) in [5.74, 6) is -0.489. The van der Waals surface area contributed by atoms with Crippen LogP contribution in [-0.2, 0) is 31.2 Å². The number of ether oxygens (including phenoxy) is 1. The van der Waals surface area contributed by atoms with Crippen molar-refractivity contribution in [2.75, 3.05) is 18.6 Å². The van der Waals surface area contributed by atoms with Gasteiger partial charge in [0, 0.05) is 25.9 Å². The normalized spacial score (nSPS) is 14.0. The van der Waals surface area contributed by atoms with E-state index in [1.54, 1.807) is 13.2 Å². The van der Waals surface area contributed by atoms with Crippen LogP contribution in [0.2, 0.25) is 0 Å². The maximum absolute atomic E-state index is 12.3. The Kier molecular flexibility index (Phi) is 6.46. The second-order valence-corrected chi connectivity index (χ2v) is 7.25. The van der Waals surface area contributed by atoms with Crippen molar-refractivity contribution in [1.82, 2.24) is 0 Å². The van der Waals surface area contributed by atoms with Gasteiger partial charge in [0.1, 0.15) is 11.3 Å². The molecule has 0 spiro atoms. The lowest BCUT2D eigenvalue weighted by Gasteiger charge is -2.26. The summed E-state index contributed by atoms with van der Waals surface area (Å²) in [6.45, 7) is 4.35. The van der Waals surface area contributed by atoms with Crippen LogP contribution in [0.4, 0.5) is 5.69 Å². The maximum atomic E-state index is 12.3. The molecule has 0 aromatic heterocycles. The van der Waals surface area contributed by atoms with Crippen LogP contribution in [0.1, 0.15) is 31.4 Å². The fourth-order valence-electron chi connectivity index (χ4n) is 3.15. The molecule has 152 valence electrons. The number of nitrogens with zero attached hydrogens (tertiary/aromatic N) is 1. The molecule has 0 saturated heterocycles. The molecule has 3 rings (SSSR count). The van der Waals surface area contributed by atoms with E-state index in [-0.39, 0.29) is 0 Å². The first kappa shape index (κ1) is 20.8. The lowest BCUT2D eigenvalue weighted by Crippen LogP contribution is -2.31. The van der Waals surface area contributed by atoms with Crippen LogP contribution >= 0.6 is 0 Å². The molecule has 0 radical (unpaired) electrons. The van der Waals surface area contributed by atoms with Crippen LogP contribution in [0.5, 0.6) is 5.75 Å². The molecule has 0 aliphatic carbocycles. The third-order valence-corrected chi connectivity index (χ3v) is 4.72. The third-order valence-electron chi connectivity index (χ3n) is 4.72. The highest BCUT2D eigenvalue weighted by Gasteiger charge is 2.31. The van der Waals surface area contributed by atoms with Crippen LogP contribution in [0.25, 0.3) is 0 Å². The van der Waals surface area contributed by atoms with Gasteiger partial charge in [-0.05, 0) is 43.9 Å². The zero-order valence-corrected chi connectivity index (χ0v) is 16.9. The quantitative estimate of drug-likeness (QED) is 0.278. The van der Waals surface area contributed by atoms with Crippen LogP contribution in [0.3, 0.4) is 0 Å². The molecule has 0 atom stereocenters. The average molecular weight is 395 g/mol. The standard InChI is InChI=1S/C23H25NO5/c1-23(2,18-11-5-4-6-12-18)29-28-19-13-7-9-17(10-8-16-27-3)22(19)24-20(25)14-15-21(24)26/h4-7,9,11-15H,8,10,16H2,1-3H3. The van der Waals surface area contributed by atoms with Crippen LogP contribution < -0.4 is 9.79 Å². The first-order valence-corrected chi connectivity index (χ1v) is 9.52. The first-order chi connectivity index (χ1) is 13.9. The number of carbonyl (C=O) groups excluding carboxylic acids is 2. The Morgan fingerprint density at radius 2 is 1.62 bits per heavy atom. The molecule has 0 N–H and O–H groups in total. The molecule has 1 aliphatic rings. The SMILES string of the molecule is COCCCc1cccc(OOC(C)(C)c2ccccc2)c1N1C(=O)C=CC1=O. The van der Waals surface area contributed by atoms with Gasteiger partial charge >= 0.3 is 0 Å². The van der Waals surface area contributed by atoms with Gasteiger partial charge in [0.15, 0.2) is 5.75 Å². The largest absolute Gasteiger partial charge is 0.385 e. The van der Waals surface area contributed by atoms with Crippen LogP contribution in [-0.4, -0.2) is 25.5 Å². The van der Waals surface area contributed by atoms with Gasteiger partial charge in [-0.1, -0.05) is 42.5 Å². The van der Waals surface area contributed by atoms with Crippen molar-refractivity contribution in [3.63, 3.8) is 0 Å². The molecule has 1 aliphatic heterocycles. The van der Waals surface area contributed by atoms with Crippen molar-refractivity contribution in [1.29, 1.82) is 0 Å². The van der Waals surface area contributed by atoms with E-state index in [1.807, 2.05) is 56.3 Å². The van der Waals surface area contributed by atoms with Gasteiger partial charge in [0.25, 0.3) is 11.8 Å². The van der Waals surface area contributed by atoms with Crippen molar-refractivity contribution >= 4 is 17.5 Å². The van der Waals surface area contributed by atoms with Gasteiger partial charge in [-0.3, -0.25) is 9.59 Å². The zero-order valence-electron chi connectivity index (χ0n) is 16.9. The minimum absolute atomic E-state index is 0.314. The molecule has 1 heterocycles. The maximum Gasteiger partial charge on any atom is 0.258 e. The van der Waals surface area contributed by atoms with Gasteiger partial charge in [-0.25, -0.2) is 4.90 Å². The Balaban J connectivity index is 1.90. The van der Waals surface area contributed by atoms with Crippen molar-refractivity contribution in [3.05, 3.63) is 71.8 Å². The highest BCUT2D eigenvalue weighted by atomic mass is 17.2. The topological polar surface area (TPSA) is 65.1 Å².